The minimum atomic E-state index is -1.08. The van der Waals surface area contributed by atoms with E-state index in [1.807, 2.05) is 30.3 Å². The lowest BCUT2D eigenvalue weighted by Crippen LogP contribution is -2.46. The van der Waals surface area contributed by atoms with E-state index in [1.54, 1.807) is 0 Å². The average Bonchev–Trinajstić information content (AvgIpc) is 2.95. The summed E-state index contributed by atoms with van der Waals surface area (Å²) in [5.74, 6) is -2.45. The third kappa shape index (κ3) is 7.03. The lowest BCUT2D eigenvalue weighted by molar-refractivity contribution is -0.176. The van der Waals surface area contributed by atoms with Gasteiger partial charge in [-0.3, -0.25) is 19.2 Å². The first-order valence-electron chi connectivity index (χ1n) is 9.19. The molecule has 9 nitrogen and oxygen atoms in total. The van der Waals surface area contributed by atoms with Crippen LogP contribution in [0.1, 0.15) is 27.7 Å². The van der Waals surface area contributed by atoms with Crippen molar-refractivity contribution < 1.29 is 42.9 Å². The molecule has 1 aliphatic heterocycles. The van der Waals surface area contributed by atoms with Gasteiger partial charge in [-0.05, 0) is 12.1 Å². The van der Waals surface area contributed by atoms with E-state index in [9.17, 15) is 19.2 Å². The summed E-state index contributed by atoms with van der Waals surface area (Å²) in [5.41, 5.74) is -0.763. The van der Waals surface area contributed by atoms with Crippen LogP contribution in [0.25, 0.3) is 0 Å². The fraction of sp³-hybridized carbons (Fsp3) is 0.500. The Morgan fingerprint density at radius 1 is 0.900 bits per heavy atom. The van der Waals surface area contributed by atoms with Crippen molar-refractivity contribution in [1.29, 1.82) is 0 Å². The molecule has 0 N–H and O–H groups in total. The van der Waals surface area contributed by atoms with Gasteiger partial charge in [0.05, 0.1) is 0 Å². The van der Waals surface area contributed by atoms with E-state index < -0.39 is 53.7 Å². The molecular weight excluding hydrogens is 416 g/mol. The highest BCUT2D eigenvalue weighted by molar-refractivity contribution is 7.99. The molecule has 0 aliphatic carbocycles. The monoisotopic (exact) mass is 440 g/mol. The molecule has 0 aromatic heterocycles. The maximum Gasteiger partial charge on any atom is 0.303 e. The SMILES string of the molecule is CC(=O)OC[C@@H](OC(C)=O)[C@H]1O[C@H](Sc2ccccc2)[C@@H](OC(C)=O)[C@H]1OC(C)=O. The number of rotatable bonds is 8. The first kappa shape index (κ1) is 23.7. The lowest BCUT2D eigenvalue weighted by Gasteiger charge is -2.27. The second kappa shape index (κ2) is 11.0. The summed E-state index contributed by atoms with van der Waals surface area (Å²) in [6.07, 6.45) is -4.15. The zero-order chi connectivity index (χ0) is 22.3. The van der Waals surface area contributed by atoms with Gasteiger partial charge in [-0.25, -0.2) is 0 Å². The Hall–Kier alpha value is -2.59. The van der Waals surface area contributed by atoms with Crippen LogP contribution in [0.2, 0.25) is 0 Å². The van der Waals surface area contributed by atoms with Crippen molar-refractivity contribution in [3.05, 3.63) is 30.3 Å². The molecular formula is C20H24O9S. The van der Waals surface area contributed by atoms with Crippen molar-refractivity contribution in [3.63, 3.8) is 0 Å². The molecule has 1 aromatic carbocycles. The summed E-state index contributed by atoms with van der Waals surface area (Å²) in [7, 11) is 0. The van der Waals surface area contributed by atoms with Gasteiger partial charge >= 0.3 is 23.9 Å². The van der Waals surface area contributed by atoms with Crippen LogP contribution in [0.15, 0.2) is 35.2 Å². The molecule has 1 heterocycles. The Morgan fingerprint density at radius 2 is 1.50 bits per heavy atom. The highest BCUT2D eigenvalue weighted by Gasteiger charge is 2.53. The summed E-state index contributed by atoms with van der Waals surface area (Å²) in [6, 6.07) is 9.21. The van der Waals surface area contributed by atoms with E-state index in [1.165, 1.54) is 39.5 Å². The molecule has 1 fully saturated rings. The maximum absolute atomic E-state index is 11.7. The van der Waals surface area contributed by atoms with Crippen LogP contribution in [0.3, 0.4) is 0 Å². The maximum atomic E-state index is 11.7. The number of thioether (sulfide) groups is 1. The largest absolute Gasteiger partial charge is 0.462 e. The normalized spacial score (nSPS) is 23.9. The minimum Gasteiger partial charge on any atom is -0.462 e. The van der Waals surface area contributed by atoms with Crippen LogP contribution in [0.4, 0.5) is 0 Å². The molecule has 1 saturated heterocycles. The van der Waals surface area contributed by atoms with Gasteiger partial charge in [0, 0.05) is 32.6 Å². The van der Waals surface area contributed by atoms with Crippen molar-refractivity contribution >= 4 is 35.6 Å². The molecule has 0 radical (unpaired) electrons. The van der Waals surface area contributed by atoms with Gasteiger partial charge < -0.3 is 23.7 Å². The predicted octanol–water partition coefficient (Wildman–Crippen LogP) is 1.86. The number of carbonyl (C=O) groups is 4. The number of ether oxygens (including phenoxy) is 5. The second-order valence-electron chi connectivity index (χ2n) is 6.50. The van der Waals surface area contributed by atoms with Crippen molar-refractivity contribution in [2.75, 3.05) is 6.61 Å². The average molecular weight is 440 g/mol. The van der Waals surface area contributed by atoms with Crippen LogP contribution in [-0.4, -0.2) is 60.3 Å². The van der Waals surface area contributed by atoms with Crippen LogP contribution in [0, 0.1) is 0 Å². The molecule has 5 atom stereocenters. The van der Waals surface area contributed by atoms with Crippen LogP contribution >= 0.6 is 11.8 Å². The number of hydrogen-bond acceptors (Lipinski definition) is 10. The van der Waals surface area contributed by atoms with Gasteiger partial charge in [-0.1, -0.05) is 30.0 Å². The molecule has 0 amide bonds. The van der Waals surface area contributed by atoms with E-state index in [2.05, 4.69) is 0 Å². The molecule has 0 saturated carbocycles. The van der Waals surface area contributed by atoms with Gasteiger partial charge in [0.2, 0.25) is 0 Å². The van der Waals surface area contributed by atoms with Gasteiger partial charge in [-0.15, -0.1) is 0 Å². The Kier molecular flexibility index (Phi) is 8.67. The molecule has 1 aromatic rings. The highest BCUT2D eigenvalue weighted by Crippen LogP contribution is 2.39. The summed E-state index contributed by atoms with van der Waals surface area (Å²) >= 11 is 1.26. The van der Waals surface area contributed by atoms with Gasteiger partial charge in [0.1, 0.15) is 18.1 Å². The number of hydrogen-bond donors (Lipinski definition) is 0. The molecule has 2 rings (SSSR count). The first-order valence-corrected chi connectivity index (χ1v) is 10.1. The number of carbonyl (C=O) groups excluding carboxylic acids is 4. The summed E-state index contributed by atoms with van der Waals surface area (Å²) in [5, 5.41) is 0. The molecule has 30 heavy (non-hydrogen) atoms. The number of benzene rings is 1. The molecule has 1 aliphatic rings. The van der Waals surface area contributed by atoms with Crippen molar-refractivity contribution in [2.24, 2.45) is 0 Å². The van der Waals surface area contributed by atoms with Crippen molar-refractivity contribution in [1.82, 2.24) is 0 Å². The summed E-state index contributed by atoms with van der Waals surface area (Å²) < 4.78 is 27.1. The zero-order valence-electron chi connectivity index (χ0n) is 17.1. The lowest BCUT2D eigenvalue weighted by atomic mass is 10.1. The minimum absolute atomic E-state index is 0.313. The van der Waals surface area contributed by atoms with E-state index in [0.29, 0.717) is 0 Å². The topological polar surface area (TPSA) is 114 Å². The predicted molar refractivity (Wildman–Crippen MR) is 104 cm³/mol. The smallest absolute Gasteiger partial charge is 0.303 e. The van der Waals surface area contributed by atoms with Gasteiger partial charge in [0.25, 0.3) is 0 Å². The van der Waals surface area contributed by atoms with Crippen LogP contribution < -0.4 is 0 Å². The Bertz CT molecular complexity index is 767. The molecule has 0 unspecified atom stereocenters. The van der Waals surface area contributed by atoms with E-state index in [-0.39, 0.29) is 6.61 Å². The molecule has 164 valence electrons. The molecule has 0 bridgehead atoms. The first-order chi connectivity index (χ1) is 14.2. The van der Waals surface area contributed by atoms with Gasteiger partial charge in [-0.2, -0.15) is 0 Å². The van der Waals surface area contributed by atoms with Gasteiger partial charge in [0.15, 0.2) is 18.3 Å². The summed E-state index contributed by atoms with van der Waals surface area (Å²) in [6.45, 7) is 4.51. The standard InChI is InChI=1S/C20H24O9S/c1-11(21)25-10-16(26-12(2)22)17-18(27-13(3)23)19(28-14(4)24)20(29-17)30-15-8-6-5-7-9-15/h5-9,16-20H,10H2,1-4H3/t16-,17-,18+,19+,20-/m1/s1. The summed E-state index contributed by atoms with van der Waals surface area (Å²) in [4.78, 5) is 47.1. The van der Waals surface area contributed by atoms with E-state index in [0.717, 1.165) is 4.90 Å². The van der Waals surface area contributed by atoms with Crippen molar-refractivity contribution in [2.45, 2.75) is 62.4 Å². The van der Waals surface area contributed by atoms with E-state index in [4.69, 9.17) is 23.7 Å². The third-order valence-electron chi connectivity index (χ3n) is 3.94. The Morgan fingerprint density at radius 3 is 2.03 bits per heavy atom. The highest BCUT2D eigenvalue weighted by atomic mass is 32.2. The Balaban J connectivity index is 2.35. The second-order valence-corrected chi connectivity index (χ2v) is 7.67. The Labute approximate surface area is 178 Å². The number of esters is 4. The fourth-order valence-corrected chi connectivity index (χ4v) is 4.04. The quantitative estimate of drug-likeness (QED) is 0.438. The van der Waals surface area contributed by atoms with Crippen LogP contribution in [-0.2, 0) is 42.9 Å². The van der Waals surface area contributed by atoms with Crippen LogP contribution in [0.5, 0.6) is 0 Å². The molecule has 0 spiro atoms. The molecule has 10 heteroatoms. The fourth-order valence-electron chi connectivity index (χ4n) is 2.93. The third-order valence-corrected chi connectivity index (χ3v) is 5.10. The zero-order valence-corrected chi connectivity index (χ0v) is 17.9. The van der Waals surface area contributed by atoms with E-state index >= 15 is 0 Å². The van der Waals surface area contributed by atoms with Crippen molar-refractivity contribution in [3.8, 4) is 0 Å².